The topological polar surface area (TPSA) is 64.0 Å². The quantitative estimate of drug-likeness (QED) is 0.713. The highest BCUT2D eigenvalue weighted by molar-refractivity contribution is 7.95. The molecule has 0 saturated carbocycles. The smallest absolute Gasteiger partial charge is 0.343 e. The van der Waals surface area contributed by atoms with Crippen molar-refractivity contribution in [1.29, 1.82) is 0 Å². The molecule has 0 aliphatic carbocycles. The van der Waals surface area contributed by atoms with Gasteiger partial charge in [0.15, 0.2) is 5.69 Å². The van der Waals surface area contributed by atoms with Crippen LogP contribution < -0.4 is 5.32 Å². The van der Waals surface area contributed by atoms with E-state index in [1.807, 2.05) is 13.8 Å². The molecule has 1 aliphatic heterocycles. The first kappa shape index (κ1) is 20.7. The van der Waals surface area contributed by atoms with Gasteiger partial charge in [0.25, 0.3) is 0 Å². The number of anilines is 1. The van der Waals surface area contributed by atoms with Crippen molar-refractivity contribution in [3.05, 3.63) is 51.7 Å². The number of sulfone groups is 1. The second-order valence-corrected chi connectivity index (χ2v) is 9.43. The number of halogens is 4. The first-order valence-corrected chi connectivity index (χ1v) is 10.4. The predicted molar refractivity (Wildman–Crippen MR) is 101 cm³/mol. The van der Waals surface area contributed by atoms with Gasteiger partial charge in [0, 0.05) is 16.8 Å². The van der Waals surface area contributed by atoms with Crippen LogP contribution in [0.4, 0.5) is 19.0 Å². The molecule has 1 N–H and O–H groups in total. The van der Waals surface area contributed by atoms with Gasteiger partial charge in [-0.3, -0.25) is 0 Å². The third-order valence-corrected chi connectivity index (χ3v) is 6.72. The number of nitrogens with one attached hydrogen (secondary N) is 1. The molecule has 0 fully saturated rings. The van der Waals surface area contributed by atoms with E-state index in [9.17, 15) is 21.6 Å². The molecule has 1 unspecified atom stereocenters. The lowest BCUT2D eigenvalue weighted by molar-refractivity contribution is -0.141. The van der Waals surface area contributed by atoms with Gasteiger partial charge in [0.05, 0.1) is 15.8 Å². The number of aromatic nitrogens is 2. The van der Waals surface area contributed by atoms with E-state index in [-0.39, 0.29) is 27.2 Å². The molecule has 0 radical (unpaired) electrons. The molecule has 10 heteroatoms. The highest BCUT2D eigenvalue weighted by atomic mass is 35.5. The zero-order chi connectivity index (χ0) is 20.9. The van der Waals surface area contributed by atoms with Gasteiger partial charge in [-0.25, -0.2) is 13.1 Å². The summed E-state index contributed by atoms with van der Waals surface area (Å²) in [5, 5.41) is 6.82. The molecule has 28 heavy (non-hydrogen) atoms. The monoisotopic (exact) mass is 433 g/mol. The first-order chi connectivity index (χ1) is 12.9. The van der Waals surface area contributed by atoms with E-state index in [2.05, 4.69) is 10.4 Å². The number of benzene rings is 1. The van der Waals surface area contributed by atoms with E-state index in [1.54, 1.807) is 6.92 Å². The summed E-state index contributed by atoms with van der Waals surface area (Å²) in [6, 6.07) is 5.71. The highest BCUT2D eigenvalue weighted by Crippen LogP contribution is 2.42. The average molecular weight is 434 g/mol. The molecule has 5 nitrogen and oxygen atoms in total. The summed E-state index contributed by atoms with van der Waals surface area (Å²) < 4.78 is 67.2. The van der Waals surface area contributed by atoms with E-state index in [4.69, 9.17) is 11.6 Å². The Morgan fingerprint density at radius 2 is 1.86 bits per heavy atom. The van der Waals surface area contributed by atoms with Crippen LogP contribution in [0.5, 0.6) is 0 Å². The molecule has 0 spiro atoms. The Morgan fingerprint density at radius 3 is 2.39 bits per heavy atom. The van der Waals surface area contributed by atoms with Gasteiger partial charge >= 0.3 is 6.18 Å². The zero-order valence-electron chi connectivity index (χ0n) is 15.4. The zero-order valence-corrected chi connectivity index (χ0v) is 17.0. The number of hydrogen-bond acceptors (Lipinski definition) is 4. The van der Waals surface area contributed by atoms with Crippen LogP contribution in [0.25, 0.3) is 0 Å². The van der Waals surface area contributed by atoms with E-state index < -0.39 is 27.7 Å². The third-order valence-electron chi connectivity index (χ3n) is 4.42. The number of allylic oxidation sites excluding steroid dienone is 2. The largest absolute Gasteiger partial charge is 0.435 e. The lowest BCUT2D eigenvalue weighted by Gasteiger charge is -2.30. The van der Waals surface area contributed by atoms with Gasteiger partial charge < -0.3 is 5.32 Å². The molecule has 152 valence electrons. The number of hydrogen-bond donors (Lipinski definition) is 1. The normalized spacial score (nSPS) is 17.6. The fourth-order valence-corrected chi connectivity index (χ4v) is 5.14. The first-order valence-electron chi connectivity index (χ1n) is 8.56. The third kappa shape index (κ3) is 3.77. The molecule has 0 amide bonds. The maximum absolute atomic E-state index is 13.3. The van der Waals surface area contributed by atoms with Gasteiger partial charge in [0.2, 0.25) is 9.84 Å². The van der Waals surface area contributed by atoms with Crippen LogP contribution >= 0.6 is 11.6 Å². The van der Waals surface area contributed by atoms with Crippen molar-refractivity contribution in [2.24, 2.45) is 5.92 Å². The predicted octanol–water partition coefficient (Wildman–Crippen LogP) is 5.27. The van der Waals surface area contributed by atoms with Crippen molar-refractivity contribution in [1.82, 2.24) is 9.78 Å². The molecule has 1 aliphatic rings. The molecular formula is C18H19ClF3N3O2S. The molecule has 1 aromatic carbocycles. The van der Waals surface area contributed by atoms with Crippen LogP contribution in [0.2, 0.25) is 5.02 Å². The summed E-state index contributed by atoms with van der Waals surface area (Å²) in [5.41, 5.74) is -0.788. The van der Waals surface area contributed by atoms with Gasteiger partial charge in [-0.15, -0.1) is 0 Å². The second-order valence-electron chi connectivity index (χ2n) is 7.07. The lowest BCUT2D eigenvalue weighted by atomic mass is 10.0. The minimum absolute atomic E-state index is 0.00727. The van der Waals surface area contributed by atoms with Crippen LogP contribution in [0, 0.1) is 5.92 Å². The Morgan fingerprint density at radius 1 is 1.25 bits per heavy atom. The average Bonchev–Trinajstić information content (AvgIpc) is 2.98. The fourth-order valence-electron chi connectivity index (χ4n) is 3.25. The van der Waals surface area contributed by atoms with Crippen molar-refractivity contribution in [3.8, 4) is 0 Å². The van der Waals surface area contributed by atoms with Crippen LogP contribution in [-0.2, 0) is 16.0 Å². The number of nitrogens with zero attached hydrogens (tertiary/aromatic N) is 2. The minimum atomic E-state index is -4.63. The Bertz CT molecular complexity index is 1030. The van der Waals surface area contributed by atoms with Crippen LogP contribution in [0.1, 0.15) is 38.9 Å². The summed E-state index contributed by atoms with van der Waals surface area (Å²) in [5.74, 6) is 0.142. The molecule has 0 saturated heterocycles. The molecule has 1 aromatic heterocycles. The summed E-state index contributed by atoms with van der Waals surface area (Å²) >= 11 is 5.85. The SMILES string of the molecule is CC1=C(S(=O)(=O)c2ccc(Cl)cc2)C(CC(C)C)n2nc(C(F)(F)F)cc2N1. The number of fused-ring (bicyclic) bond motifs is 1. The van der Waals surface area contributed by atoms with Gasteiger partial charge in [-0.1, -0.05) is 25.4 Å². The van der Waals surface area contributed by atoms with Crippen molar-refractivity contribution in [3.63, 3.8) is 0 Å². The molecular weight excluding hydrogens is 415 g/mol. The summed E-state index contributed by atoms with van der Waals surface area (Å²) in [7, 11) is -3.98. The standard InChI is InChI=1S/C18H19ClF3N3O2S/c1-10(2)8-14-17(28(26,27)13-6-4-12(19)5-7-13)11(3)23-16-9-15(18(20,21)22)24-25(14)16/h4-7,9-10,14,23H,8H2,1-3H3. The summed E-state index contributed by atoms with van der Waals surface area (Å²) in [6.07, 6.45) is -4.31. The van der Waals surface area contributed by atoms with Crippen molar-refractivity contribution in [2.75, 3.05) is 5.32 Å². The van der Waals surface area contributed by atoms with Gasteiger partial charge in [-0.05, 0) is 43.5 Å². The maximum atomic E-state index is 13.3. The van der Waals surface area contributed by atoms with Gasteiger partial charge in [0.1, 0.15) is 5.82 Å². The maximum Gasteiger partial charge on any atom is 0.435 e. The Kier molecular flexibility index (Phi) is 5.26. The molecule has 2 aromatic rings. The molecule has 0 bridgehead atoms. The summed E-state index contributed by atoms with van der Waals surface area (Å²) in [4.78, 5) is 0.0290. The molecule has 3 rings (SSSR count). The molecule has 1 atom stereocenters. The van der Waals surface area contributed by atoms with Crippen LogP contribution in [0.3, 0.4) is 0 Å². The van der Waals surface area contributed by atoms with Crippen molar-refractivity contribution < 1.29 is 21.6 Å². The van der Waals surface area contributed by atoms with Crippen LogP contribution in [-0.4, -0.2) is 18.2 Å². The van der Waals surface area contributed by atoms with E-state index >= 15 is 0 Å². The number of alkyl halides is 3. The van der Waals surface area contributed by atoms with E-state index in [1.165, 1.54) is 24.3 Å². The van der Waals surface area contributed by atoms with Crippen molar-refractivity contribution in [2.45, 2.75) is 44.3 Å². The van der Waals surface area contributed by atoms with E-state index in [0.29, 0.717) is 11.4 Å². The molecule has 2 heterocycles. The number of rotatable bonds is 4. The minimum Gasteiger partial charge on any atom is -0.343 e. The van der Waals surface area contributed by atoms with E-state index in [0.717, 1.165) is 10.7 Å². The van der Waals surface area contributed by atoms with Gasteiger partial charge in [-0.2, -0.15) is 18.3 Å². The Balaban J connectivity index is 2.16. The Hall–Kier alpha value is -2.00. The van der Waals surface area contributed by atoms with Crippen LogP contribution in [0.15, 0.2) is 45.8 Å². The summed E-state index contributed by atoms with van der Waals surface area (Å²) in [6.45, 7) is 5.29. The Labute approximate surface area is 166 Å². The van der Waals surface area contributed by atoms with Crippen molar-refractivity contribution >= 4 is 27.3 Å². The highest BCUT2D eigenvalue weighted by Gasteiger charge is 2.41. The second kappa shape index (κ2) is 7.11. The fraction of sp³-hybridized carbons (Fsp3) is 0.389. The lowest BCUT2D eigenvalue weighted by Crippen LogP contribution is -2.29.